The summed E-state index contributed by atoms with van der Waals surface area (Å²) in [5, 5.41) is 6.94. The minimum atomic E-state index is 0.457. The van der Waals surface area contributed by atoms with Crippen LogP contribution < -0.4 is 0 Å². The molecular formula is C9H8ClN5. The molecule has 1 aliphatic carbocycles. The van der Waals surface area contributed by atoms with Gasteiger partial charge in [-0.2, -0.15) is 5.10 Å². The molecule has 5 nitrogen and oxygen atoms in total. The Hall–Kier alpha value is -1.49. The van der Waals surface area contributed by atoms with Gasteiger partial charge in [-0.05, 0) is 18.9 Å². The minimum Gasteiger partial charge on any atom is -0.257 e. The van der Waals surface area contributed by atoms with Crippen LogP contribution in [0.4, 0.5) is 0 Å². The molecule has 0 amide bonds. The van der Waals surface area contributed by atoms with E-state index in [0.29, 0.717) is 22.7 Å². The van der Waals surface area contributed by atoms with Gasteiger partial charge in [-0.3, -0.25) is 5.10 Å². The number of hydrogen-bond donors (Lipinski definition) is 1. The first-order valence-electron chi connectivity index (χ1n) is 4.73. The molecule has 2 heterocycles. The lowest BCUT2D eigenvalue weighted by Gasteiger charge is -2.00. The van der Waals surface area contributed by atoms with E-state index < -0.39 is 0 Å². The summed E-state index contributed by atoms with van der Waals surface area (Å²) in [6.07, 6.45) is 3.79. The largest absolute Gasteiger partial charge is 0.257 e. The molecule has 2 aromatic rings. The van der Waals surface area contributed by atoms with Crippen molar-refractivity contribution in [1.29, 1.82) is 0 Å². The smallest absolute Gasteiger partial charge is 0.198 e. The zero-order chi connectivity index (χ0) is 10.3. The van der Waals surface area contributed by atoms with Crippen LogP contribution in [0.15, 0.2) is 12.4 Å². The third-order valence-corrected chi connectivity index (χ3v) is 2.53. The lowest BCUT2D eigenvalue weighted by Crippen LogP contribution is -1.96. The molecule has 1 saturated carbocycles. The summed E-state index contributed by atoms with van der Waals surface area (Å²) in [5.74, 6) is 1.62. The maximum atomic E-state index is 5.93. The summed E-state index contributed by atoms with van der Waals surface area (Å²) in [4.78, 5) is 12.5. The van der Waals surface area contributed by atoms with E-state index in [2.05, 4.69) is 25.1 Å². The molecular weight excluding hydrogens is 214 g/mol. The fourth-order valence-corrected chi connectivity index (χ4v) is 1.63. The standard InChI is InChI=1S/C9H8ClN5/c10-7-3-6(5-1-2-5)13-9(14-7)8-11-4-12-15-8/h3-5H,1-2H2,(H,11,12,15). The number of rotatable bonds is 2. The van der Waals surface area contributed by atoms with Crippen LogP contribution in [0.25, 0.3) is 11.6 Å². The molecule has 2 aromatic heterocycles. The zero-order valence-electron chi connectivity index (χ0n) is 7.81. The Bertz CT molecular complexity index is 477. The van der Waals surface area contributed by atoms with E-state index in [1.807, 2.05) is 6.07 Å². The summed E-state index contributed by atoms with van der Waals surface area (Å²) in [7, 11) is 0. The fourth-order valence-electron chi connectivity index (χ4n) is 1.44. The third-order valence-electron chi connectivity index (χ3n) is 2.34. The summed E-state index contributed by atoms with van der Waals surface area (Å²) in [5.41, 5.74) is 1.00. The van der Waals surface area contributed by atoms with Gasteiger partial charge in [-0.25, -0.2) is 15.0 Å². The van der Waals surface area contributed by atoms with Gasteiger partial charge >= 0.3 is 0 Å². The second kappa shape index (κ2) is 3.27. The fraction of sp³-hybridized carbons (Fsp3) is 0.333. The molecule has 0 radical (unpaired) electrons. The molecule has 0 aromatic carbocycles. The molecule has 6 heteroatoms. The van der Waals surface area contributed by atoms with Crippen LogP contribution in [0, 0.1) is 0 Å². The molecule has 15 heavy (non-hydrogen) atoms. The highest BCUT2D eigenvalue weighted by atomic mass is 35.5. The SMILES string of the molecule is Clc1cc(C2CC2)nc(-c2ncn[nH]2)n1. The van der Waals surface area contributed by atoms with Crippen LogP contribution in [-0.2, 0) is 0 Å². The first-order valence-corrected chi connectivity index (χ1v) is 5.11. The van der Waals surface area contributed by atoms with Gasteiger partial charge in [-0.1, -0.05) is 11.6 Å². The molecule has 0 unspecified atom stereocenters. The number of aromatic nitrogens is 5. The van der Waals surface area contributed by atoms with E-state index >= 15 is 0 Å². The molecule has 0 atom stereocenters. The lowest BCUT2D eigenvalue weighted by molar-refractivity contribution is 0.975. The van der Waals surface area contributed by atoms with E-state index in [-0.39, 0.29) is 0 Å². The molecule has 76 valence electrons. The van der Waals surface area contributed by atoms with Crippen molar-refractivity contribution in [2.45, 2.75) is 18.8 Å². The number of halogens is 1. The summed E-state index contributed by atoms with van der Waals surface area (Å²) >= 11 is 5.93. The second-order valence-corrected chi connectivity index (χ2v) is 3.93. The second-order valence-electron chi connectivity index (χ2n) is 3.55. The quantitative estimate of drug-likeness (QED) is 0.786. The number of nitrogens with zero attached hydrogens (tertiary/aromatic N) is 4. The Labute approximate surface area is 90.9 Å². The van der Waals surface area contributed by atoms with Gasteiger partial charge < -0.3 is 0 Å². The Kier molecular flexibility index (Phi) is 1.92. The molecule has 3 rings (SSSR count). The first-order chi connectivity index (χ1) is 7.33. The highest BCUT2D eigenvalue weighted by molar-refractivity contribution is 6.29. The van der Waals surface area contributed by atoms with E-state index in [0.717, 1.165) is 5.69 Å². The van der Waals surface area contributed by atoms with Crippen molar-refractivity contribution in [3.63, 3.8) is 0 Å². The Balaban J connectivity index is 2.07. The molecule has 1 fully saturated rings. The van der Waals surface area contributed by atoms with E-state index in [4.69, 9.17) is 11.6 Å². The molecule has 1 aliphatic rings. The summed E-state index contributed by atoms with van der Waals surface area (Å²) in [6, 6.07) is 1.82. The van der Waals surface area contributed by atoms with Gasteiger partial charge in [0, 0.05) is 11.6 Å². The molecule has 1 N–H and O–H groups in total. The monoisotopic (exact) mass is 221 g/mol. The molecule has 0 saturated heterocycles. The Morgan fingerprint density at radius 1 is 1.33 bits per heavy atom. The highest BCUT2D eigenvalue weighted by Gasteiger charge is 2.26. The number of aromatic amines is 1. The van der Waals surface area contributed by atoms with Gasteiger partial charge in [-0.15, -0.1) is 0 Å². The van der Waals surface area contributed by atoms with Crippen molar-refractivity contribution in [2.24, 2.45) is 0 Å². The van der Waals surface area contributed by atoms with Crippen LogP contribution in [0.2, 0.25) is 5.15 Å². The van der Waals surface area contributed by atoms with Crippen molar-refractivity contribution in [1.82, 2.24) is 25.1 Å². The van der Waals surface area contributed by atoms with Crippen LogP contribution >= 0.6 is 11.6 Å². The Morgan fingerprint density at radius 3 is 2.87 bits per heavy atom. The highest BCUT2D eigenvalue weighted by Crippen LogP contribution is 2.39. The van der Waals surface area contributed by atoms with E-state index in [9.17, 15) is 0 Å². The predicted octanol–water partition coefficient (Wildman–Crippen LogP) is 1.79. The number of nitrogens with one attached hydrogen (secondary N) is 1. The number of hydrogen-bond acceptors (Lipinski definition) is 4. The van der Waals surface area contributed by atoms with Crippen LogP contribution in [-0.4, -0.2) is 25.1 Å². The van der Waals surface area contributed by atoms with Gasteiger partial charge in [0.05, 0.1) is 0 Å². The van der Waals surface area contributed by atoms with Crippen molar-refractivity contribution in [3.05, 3.63) is 23.2 Å². The molecule has 0 spiro atoms. The van der Waals surface area contributed by atoms with E-state index in [1.165, 1.54) is 19.2 Å². The average Bonchev–Trinajstić information content (AvgIpc) is 2.93. The summed E-state index contributed by atoms with van der Waals surface area (Å²) < 4.78 is 0. The van der Waals surface area contributed by atoms with Crippen molar-refractivity contribution in [2.75, 3.05) is 0 Å². The Morgan fingerprint density at radius 2 is 2.20 bits per heavy atom. The van der Waals surface area contributed by atoms with Gasteiger partial charge in [0.25, 0.3) is 0 Å². The van der Waals surface area contributed by atoms with Crippen molar-refractivity contribution < 1.29 is 0 Å². The summed E-state index contributed by atoms with van der Waals surface area (Å²) in [6.45, 7) is 0. The van der Waals surface area contributed by atoms with Crippen LogP contribution in [0.3, 0.4) is 0 Å². The molecule has 0 aliphatic heterocycles. The zero-order valence-corrected chi connectivity index (χ0v) is 8.57. The average molecular weight is 222 g/mol. The lowest BCUT2D eigenvalue weighted by atomic mass is 10.3. The third kappa shape index (κ3) is 1.70. The van der Waals surface area contributed by atoms with Crippen molar-refractivity contribution in [3.8, 4) is 11.6 Å². The first kappa shape index (κ1) is 8.79. The number of H-pyrrole nitrogens is 1. The maximum Gasteiger partial charge on any atom is 0.198 e. The van der Waals surface area contributed by atoms with Crippen LogP contribution in [0.5, 0.6) is 0 Å². The molecule has 0 bridgehead atoms. The minimum absolute atomic E-state index is 0.457. The van der Waals surface area contributed by atoms with Gasteiger partial charge in [0.1, 0.15) is 11.5 Å². The van der Waals surface area contributed by atoms with Gasteiger partial charge in [0.2, 0.25) is 0 Å². The van der Waals surface area contributed by atoms with Gasteiger partial charge in [0.15, 0.2) is 11.6 Å². The predicted molar refractivity (Wildman–Crippen MR) is 54.4 cm³/mol. The van der Waals surface area contributed by atoms with Crippen LogP contribution in [0.1, 0.15) is 24.5 Å². The van der Waals surface area contributed by atoms with E-state index in [1.54, 1.807) is 0 Å². The topological polar surface area (TPSA) is 67.3 Å². The van der Waals surface area contributed by atoms with Crippen molar-refractivity contribution >= 4 is 11.6 Å². The normalized spacial score (nSPS) is 15.5. The maximum absolute atomic E-state index is 5.93.